The first-order valence-corrected chi connectivity index (χ1v) is 8.07. The lowest BCUT2D eigenvalue weighted by Crippen LogP contribution is -2.42. The Morgan fingerprint density at radius 1 is 1.17 bits per heavy atom. The summed E-state index contributed by atoms with van der Waals surface area (Å²) in [6.45, 7) is 1.87. The summed E-state index contributed by atoms with van der Waals surface area (Å²) < 4.78 is 0. The minimum absolute atomic E-state index is 0.00730. The molecule has 0 aliphatic carbocycles. The monoisotopic (exact) mass is 310 g/mol. The summed E-state index contributed by atoms with van der Waals surface area (Å²) in [6.07, 6.45) is 1.24. The number of likely N-dealkylation sites (tertiary alicyclic amines) is 1. The zero-order valence-electron chi connectivity index (χ0n) is 13.1. The van der Waals surface area contributed by atoms with Crippen LogP contribution in [0.2, 0.25) is 0 Å². The zero-order valence-corrected chi connectivity index (χ0v) is 13.1. The van der Waals surface area contributed by atoms with Crippen LogP contribution in [0.5, 0.6) is 0 Å². The first-order valence-electron chi connectivity index (χ1n) is 8.07. The number of aliphatic hydroxyl groups is 1. The van der Waals surface area contributed by atoms with E-state index in [1.165, 1.54) is 5.56 Å². The van der Waals surface area contributed by atoms with E-state index in [2.05, 4.69) is 17.4 Å². The Hall–Kier alpha value is -2.33. The summed E-state index contributed by atoms with van der Waals surface area (Å²) in [5.74, 6) is -0.00730. The van der Waals surface area contributed by atoms with Crippen molar-refractivity contribution in [2.75, 3.05) is 18.4 Å². The minimum atomic E-state index is -0.396. The fraction of sp³-hybridized carbons (Fsp3) is 0.316. The first kappa shape index (κ1) is 15.6. The molecule has 0 aromatic heterocycles. The van der Waals surface area contributed by atoms with Gasteiger partial charge in [-0.25, -0.2) is 0 Å². The van der Waals surface area contributed by atoms with Gasteiger partial charge in [-0.2, -0.15) is 0 Å². The molecule has 1 amide bonds. The Labute approximate surface area is 136 Å². The van der Waals surface area contributed by atoms with Gasteiger partial charge in [0.05, 0.1) is 6.10 Å². The maximum absolute atomic E-state index is 12.6. The molecule has 0 saturated carbocycles. The van der Waals surface area contributed by atoms with Crippen molar-refractivity contribution in [2.24, 2.45) is 0 Å². The molecule has 0 spiro atoms. The van der Waals surface area contributed by atoms with Gasteiger partial charge in [-0.1, -0.05) is 36.4 Å². The van der Waals surface area contributed by atoms with Crippen LogP contribution in [0.25, 0.3) is 0 Å². The Morgan fingerprint density at radius 3 is 2.78 bits per heavy atom. The predicted octanol–water partition coefficient (Wildman–Crippen LogP) is 2.90. The Morgan fingerprint density at radius 2 is 2.00 bits per heavy atom. The number of nitrogens with one attached hydrogen (secondary N) is 1. The van der Waals surface area contributed by atoms with Crippen LogP contribution in [0.15, 0.2) is 54.6 Å². The van der Waals surface area contributed by atoms with Gasteiger partial charge in [0.15, 0.2) is 0 Å². The molecule has 2 N–H and O–H groups in total. The van der Waals surface area contributed by atoms with Crippen molar-refractivity contribution in [1.82, 2.24) is 4.90 Å². The zero-order chi connectivity index (χ0) is 16.1. The summed E-state index contributed by atoms with van der Waals surface area (Å²) in [4.78, 5) is 14.3. The van der Waals surface area contributed by atoms with E-state index in [4.69, 9.17) is 0 Å². The second-order valence-electron chi connectivity index (χ2n) is 5.97. The van der Waals surface area contributed by atoms with Crippen LogP contribution in [0.3, 0.4) is 0 Å². The molecule has 1 fully saturated rings. The number of amides is 1. The molecule has 23 heavy (non-hydrogen) atoms. The van der Waals surface area contributed by atoms with Crippen LogP contribution in [-0.4, -0.2) is 35.1 Å². The number of piperidine rings is 1. The standard InChI is InChI=1S/C19H22N2O2/c22-18-10-5-11-21(14-18)19(23)16-8-4-9-17(12-16)20-13-15-6-2-1-3-7-15/h1-4,6-9,12,18,20,22H,5,10-11,13-14H2. The molecule has 1 aliphatic rings. The molecule has 1 unspecified atom stereocenters. The number of hydrogen-bond donors (Lipinski definition) is 2. The van der Waals surface area contributed by atoms with Gasteiger partial charge in [0.25, 0.3) is 5.91 Å². The molecule has 120 valence electrons. The lowest BCUT2D eigenvalue weighted by molar-refractivity contribution is 0.0474. The van der Waals surface area contributed by atoms with E-state index < -0.39 is 6.10 Å². The van der Waals surface area contributed by atoms with Crippen molar-refractivity contribution < 1.29 is 9.90 Å². The van der Waals surface area contributed by atoms with Gasteiger partial charge in [-0.15, -0.1) is 0 Å². The van der Waals surface area contributed by atoms with E-state index in [9.17, 15) is 9.90 Å². The molecule has 2 aromatic carbocycles. The summed E-state index contributed by atoms with van der Waals surface area (Å²) >= 11 is 0. The SMILES string of the molecule is O=C(c1cccc(NCc2ccccc2)c1)N1CCCC(O)C1. The third kappa shape index (κ3) is 4.11. The number of β-amino-alcohol motifs (C(OH)–C–C–N with tert-alkyl or cyclic N) is 1. The van der Waals surface area contributed by atoms with Crippen LogP contribution in [0.1, 0.15) is 28.8 Å². The fourth-order valence-electron chi connectivity index (χ4n) is 2.88. The van der Waals surface area contributed by atoms with Crippen molar-refractivity contribution in [2.45, 2.75) is 25.5 Å². The number of rotatable bonds is 4. The summed E-state index contributed by atoms with van der Waals surface area (Å²) in [7, 11) is 0. The highest BCUT2D eigenvalue weighted by Crippen LogP contribution is 2.17. The van der Waals surface area contributed by atoms with Crippen molar-refractivity contribution in [3.63, 3.8) is 0 Å². The van der Waals surface area contributed by atoms with Gasteiger partial charge < -0.3 is 15.3 Å². The Bertz CT molecular complexity index is 657. The average molecular weight is 310 g/mol. The second kappa shape index (κ2) is 7.29. The van der Waals surface area contributed by atoms with E-state index in [1.54, 1.807) is 4.90 Å². The van der Waals surface area contributed by atoms with E-state index >= 15 is 0 Å². The normalized spacial score (nSPS) is 17.8. The molecule has 2 aromatic rings. The van der Waals surface area contributed by atoms with Crippen LogP contribution < -0.4 is 5.32 Å². The van der Waals surface area contributed by atoms with Crippen molar-refractivity contribution in [1.29, 1.82) is 0 Å². The third-order valence-electron chi connectivity index (χ3n) is 4.13. The molecule has 4 nitrogen and oxygen atoms in total. The van der Waals surface area contributed by atoms with Crippen molar-refractivity contribution >= 4 is 11.6 Å². The van der Waals surface area contributed by atoms with Gasteiger partial charge in [-0.3, -0.25) is 4.79 Å². The molecule has 0 radical (unpaired) electrons. The quantitative estimate of drug-likeness (QED) is 0.913. The van der Waals surface area contributed by atoms with Gasteiger partial charge in [0.2, 0.25) is 0 Å². The maximum Gasteiger partial charge on any atom is 0.254 e. The first-order chi connectivity index (χ1) is 11.2. The van der Waals surface area contributed by atoms with Crippen LogP contribution in [0, 0.1) is 0 Å². The van der Waals surface area contributed by atoms with E-state index in [1.807, 2.05) is 42.5 Å². The molecule has 3 rings (SSSR count). The molecular formula is C19H22N2O2. The number of anilines is 1. The van der Waals surface area contributed by atoms with E-state index in [-0.39, 0.29) is 5.91 Å². The number of aliphatic hydroxyl groups excluding tert-OH is 1. The topological polar surface area (TPSA) is 52.6 Å². The number of carbonyl (C=O) groups is 1. The van der Waals surface area contributed by atoms with E-state index in [0.717, 1.165) is 31.6 Å². The minimum Gasteiger partial charge on any atom is -0.391 e. The predicted molar refractivity (Wildman–Crippen MR) is 91.4 cm³/mol. The highest BCUT2D eigenvalue weighted by molar-refractivity contribution is 5.95. The molecule has 1 atom stereocenters. The average Bonchev–Trinajstić information content (AvgIpc) is 2.60. The smallest absolute Gasteiger partial charge is 0.254 e. The second-order valence-corrected chi connectivity index (χ2v) is 5.97. The van der Waals surface area contributed by atoms with Crippen LogP contribution in [0.4, 0.5) is 5.69 Å². The molecular weight excluding hydrogens is 288 g/mol. The molecule has 4 heteroatoms. The van der Waals surface area contributed by atoms with Gasteiger partial charge in [0.1, 0.15) is 0 Å². The summed E-state index contributed by atoms with van der Waals surface area (Å²) in [5.41, 5.74) is 2.79. The van der Waals surface area contributed by atoms with E-state index in [0.29, 0.717) is 12.1 Å². The fourth-order valence-corrected chi connectivity index (χ4v) is 2.88. The maximum atomic E-state index is 12.6. The van der Waals surface area contributed by atoms with Crippen LogP contribution >= 0.6 is 0 Å². The number of hydrogen-bond acceptors (Lipinski definition) is 3. The summed E-state index contributed by atoms with van der Waals surface area (Å²) in [5, 5.41) is 13.1. The lowest BCUT2D eigenvalue weighted by Gasteiger charge is -2.30. The highest BCUT2D eigenvalue weighted by Gasteiger charge is 2.23. The molecule has 0 bridgehead atoms. The number of nitrogens with zero attached hydrogens (tertiary/aromatic N) is 1. The lowest BCUT2D eigenvalue weighted by atomic mass is 10.1. The van der Waals surface area contributed by atoms with Crippen molar-refractivity contribution in [3.05, 3.63) is 65.7 Å². The van der Waals surface area contributed by atoms with Crippen molar-refractivity contribution in [3.8, 4) is 0 Å². The third-order valence-corrected chi connectivity index (χ3v) is 4.13. The Balaban J connectivity index is 1.66. The number of carbonyl (C=O) groups excluding carboxylic acids is 1. The molecule has 1 aliphatic heterocycles. The van der Waals surface area contributed by atoms with Gasteiger partial charge in [-0.05, 0) is 36.6 Å². The molecule has 1 heterocycles. The summed E-state index contributed by atoms with van der Waals surface area (Å²) in [6, 6.07) is 17.7. The van der Waals surface area contributed by atoms with Gasteiger partial charge in [0, 0.05) is 30.9 Å². The van der Waals surface area contributed by atoms with Gasteiger partial charge >= 0.3 is 0 Å². The number of benzene rings is 2. The molecule has 1 saturated heterocycles. The largest absolute Gasteiger partial charge is 0.391 e. The Kier molecular flexibility index (Phi) is 4.93. The van der Waals surface area contributed by atoms with Crippen LogP contribution in [-0.2, 0) is 6.54 Å². The highest BCUT2D eigenvalue weighted by atomic mass is 16.3.